The van der Waals surface area contributed by atoms with Gasteiger partial charge in [0.15, 0.2) is 0 Å². The first-order valence-corrected chi connectivity index (χ1v) is 9.15. The Bertz CT molecular complexity index is 598. The predicted molar refractivity (Wildman–Crippen MR) is 107 cm³/mol. The predicted octanol–water partition coefficient (Wildman–Crippen LogP) is 2.27. The van der Waals surface area contributed by atoms with E-state index in [-0.39, 0.29) is 16.9 Å². The van der Waals surface area contributed by atoms with E-state index in [0.29, 0.717) is 0 Å². The van der Waals surface area contributed by atoms with Crippen LogP contribution >= 0.6 is 0 Å². The number of hydrogen-bond donors (Lipinski definition) is 4. The number of nitrogens with two attached hydrogens (primary N) is 1. The number of rotatable bonds is 4. The van der Waals surface area contributed by atoms with E-state index in [0.717, 1.165) is 50.4 Å². The summed E-state index contributed by atoms with van der Waals surface area (Å²) in [5.41, 5.74) is 7.50. The van der Waals surface area contributed by atoms with Gasteiger partial charge in [0.25, 0.3) is 0 Å². The standard InChI is InChI=1S/C15H16O2.C6H15N3/c1-15(2,11-3-7-13(16)8-4-11)12-5-9-14(17)10-6-12;7-1-4-9-5-2-8-3-6-9/h3-10,16-17H,1-2H3;8H,1-7H2. The number of aromatic hydroxyl groups is 2. The van der Waals surface area contributed by atoms with E-state index in [1.54, 1.807) is 24.3 Å². The summed E-state index contributed by atoms with van der Waals surface area (Å²) >= 11 is 0. The van der Waals surface area contributed by atoms with Gasteiger partial charge in [-0.15, -0.1) is 0 Å². The van der Waals surface area contributed by atoms with E-state index >= 15 is 0 Å². The molecule has 0 aliphatic carbocycles. The third kappa shape index (κ3) is 5.73. The molecule has 3 rings (SSSR count). The van der Waals surface area contributed by atoms with Gasteiger partial charge in [-0.25, -0.2) is 0 Å². The molecule has 0 bridgehead atoms. The lowest BCUT2D eigenvalue weighted by atomic mass is 9.78. The fourth-order valence-electron chi connectivity index (χ4n) is 3.04. The molecule has 0 saturated carbocycles. The van der Waals surface area contributed by atoms with Crippen molar-refractivity contribution in [2.24, 2.45) is 5.73 Å². The van der Waals surface area contributed by atoms with Crippen LogP contribution in [0.25, 0.3) is 0 Å². The summed E-state index contributed by atoms with van der Waals surface area (Å²) in [6.07, 6.45) is 0. The van der Waals surface area contributed by atoms with Crippen LogP contribution in [-0.4, -0.2) is 54.4 Å². The van der Waals surface area contributed by atoms with Crippen LogP contribution < -0.4 is 11.1 Å². The topological polar surface area (TPSA) is 81.8 Å². The van der Waals surface area contributed by atoms with E-state index in [4.69, 9.17) is 5.73 Å². The second-order valence-corrected chi connectivity index (χ2v) is 7.10. The van der Waals surface area contributed by atoms with E-state index in [2.05, 4.69) is 24.1 Å². The molecule has 2 aromatic carbocycles. The molecule has 1 fully saturated rings. The lowest BCUT2D eigenvalue weighted by Gasteiger charge is -2.26. The summed E-state index contributed by atoms with van der Waals surface area (Å²) in [5.74, 6) is 0.547. The summed E-state index contributed by atoms with van der Waals surface area (Å²) < 4.78 is 0. The van der Waals surface area contributed by atoms with Crippen molar-refractivity contribution in [3.8, 4) is 11.5 Å². The van der Waals surface area contributed by atoms with Crippen LogP contribution in [0.3, 0.4) is 0 Å². The zero-order chi connectivity index (χ0) is 19.0. The molecule has 5 N–H and O–H groups in total. The maximum Gasteiger partial charge on any atom is 0.115 e. The van der Waals surface area contributed by atoms with E-state index in [1.165, 1.54) is 0 Å². The Kier molecular flexibility index (Phi) is 7.45. The van der Waals surface area contributed by atoms with Crippen LogP contribution in [0.5, 0.6) is 11.5 Å². The fourth-order valence-corrected chi connectivity index (χ4v) is 3.04. The Labute approximate surface area is 156 Å². The highest BCUT2D eigenvalue weighted by Gasteiger charge is 2.22. The van der Waals surface area contributed by atoms with E-state index < -0.39 is 0 Å². The molecule has 0 spiro atoms. The number of phenolic OH excluding ortho intramolecular Hbond substituents is 2. The average Bonchev–Trinajstić information content (AvgIpc) is 2.64. The molecule has 5 nitrogen and oxygen atoms in total. The Hall–Kier alpha value is -2.08. The molecule has 1 aliphatic rings. The van der Waals surface area contributed by atoms with Gasteiger partial charge >= 0.3 is 0 Å². The minimum absolute atomic E-state index is 0.151. The van der Waals surface area contributed by atoms with Crippen LogP contribution in [0.4, 0.5) is 0 Å². The lowest BCUT2D eigenvalue weighted by molar-refractivity contribution is 0.247. The maximum atomic E-state index is 9.30. The van der Waals surface area contributed by atoms with Crippen molar-refractivity contribution in [3.05, 3.63) is 59.7 Å². The van der Waals surface area contributed by atoms with Crippen molar-refractivity contribution >= 4 is 0 Å². The Morgan fingerprint density at radius 1 is 0.885 bits per heavy atom. The second-order valence-electron chi connectivity index (χ2n) is 7.10. The van der Waals surface area contributed by atoms with Crippen LogP contribution in [0.15, 0.2) is 48.5 Å². The highest BCUT2D eigenvalue weighted by molar-refractivity contribution is 5.41. The fraction of sp³-hybridized carbons (Fsp3) is 0.429. The van der Waals surface area contributed by atoms with Crippen molar-refractivity contribution < 1.29 is 10.2 Å². The van der Waals surface area contributed by atoms with E-state index in [1.807, 2.05) is 24.3 Å². The van der Waals surface area contributed by atoms with Crippen molar-refractivity contribution in [1.29, 1.82) is 0 Å². The van der Waals surface area contributed by atoms with Gasteiger partial charge < -0.3 is 21.3 Å². The molecule has 26 heavy (non-hydrogen) atoms. The number of nitrogens with zero attached hydrogens (tertiary/aromatic N) is 1. The van der Waals surface area contributed by atoms with Crippen LogP contribution in [-0.2, 0) is 5.41 Å². The second kappa shape index (κ2) is 9.57. The molecule has 0 atom stereocenters. The number of nitrogens with one attached hydrogen (secondary N) is 1. The highest BCUT2D eigenvalue weighted by Crippen LogP contribution is 2.32. The summed E-state index contributed by atoms with van der Waals surface area (Å²) in [4.78, 5) is 2.39. The van der Waals surface area contributed by atoms with E-state index in [9.17, 15) is 10.2 Å². The van der Waals surface area contributed by atoms with Crippen molar-refractivity contribution in [2.75, 3.05) is 39.3 Å². The van der Waals surface area contributed by atoms with Crippen LogP contribution in [0.2, 0.25) is 0 Å². The zero-order valence-electron chi connectivity index (χ0n) is 15.8. The monoisotopic (exact) mass is 357 g/mol. The van der Waals surface area contributed by atoms with Crippen LogP contribution in [0.1, 0.15) is 25.0 Å². The molecule has 1 saturated heterocycles. The minimum Gasteiger partial charge on any atom is -0.508 e. The lowest BCUT2D eigenvalue weighted by Crippen LogP contribution is -2.45. The quantitative estimate of drug-likeness (QED) is 0.675. The Morgan fingerprint density at radius 2 is 1.31 bits per heavy atom. The van der Waals surface area contributed by atoms with Gasteiger partial charge in [-0.1, -0.05) is 38.1 Å². The molecule has 0 aromatic heterocycles. The molecule has 5 heteroatoms. The van der Waals surface area contributed by atoms with Gasteiger partial charge in [0, 0.05) is 44.7 Å². The molecule has 2 aromatic rings. The molecule has 0 radical (unpaired) electrons. The highest BCUT2D eigenvalue weighted by atomic mass is 16.3. The zero-order valence-corrected chi connectivity index (χ0v) is 15.8. The summed E-state index contributed by atoms with van der Waals surface area (Å²) in [6, 6.07) is 14.4. The first-order valence-electron chi connectivity index (χ1n) is 9.15. The first-order chi connectivity index (χ1) is 12.4. The molecule has 0 amide bonds. The van der Waals surface area contributed by atoms with Gasteiger partial charge in [0.2, 0.25) is 0 Å². The Balaban J connectivity index is 0.000000228. The SMILES string of the molecule is CC(C)(c1ccc(O)cc1)c1ccc(O)cc1.NCCN1CCNCC1. The Morgan fingerprint density at radius 3 is 1.69 bits per heavy atom. The molecular formula is C21H31N3O2. The minimum atomic E-state index is -0.151. The third-order valence-electron chi connectivity index (χ3n) is 4.83. The molecule has 1 heterocycles. The van der Waals surface area contributed by atoms with Gasteiger partial charge in [0.1, 0.15) is 11.5 Å². The summed E-state index contributed by atoms with van der Waals surface area (Å²) in [7, 11) is 0. The van der Waals surface area contributed by atoms with Crippen LogP contribution in [0, 0.1) is 0 Å². The first kappa shape index (κ1) is 20.2. The largest absolute Gasteiger partial charge is 0.508 e. The summed E-state index contributed by atoms with van der Waals surface area (Å²) in [5, 5.41) is 21.9. The molecular weight excluding hydrogens is 326 g/mol. The number of hydrogen-bond acceptors (Lipinski definition) is 5. The van der Waals surface area contributed by atoms with Gasteiger partial charge in [-0.05, 0) is 35.4 Å². The molecule has 0 unspecified atom stereocenters. The molecule has 1 aliphatic heterocycles. The van der Waals surface area contributed by atoms with Gasteiger partial charge in [-0.2, -0.15) is 0 Å². The van der Waals surface area contributed by atoms with Crippen molar-refractivity contribution in [3.63, 3.8) is 0 Å². The van der Waals surface area contributed by atoms with Crippen molar-refractivity contribution in [1.82, 2.24) is 10.2 Å². The smallest absolute Gasteiger partial charge is 0.115 e. The van der Waals surface area contributed by atoms with Gasteiger partial charge in [0.05, 0.1) is 0 Å². The van der Waals surface area contributed by atoms with Crippen molar-refractivity contribution in [2.45, 2.75) is 19.3 Å². The number of phenols is 2. The summed E-state index contributed by atoms with van der Waals surface area (Å²) in [6.45, 7) is 10.7. The average molecular weight is 357 g/mol. The number of piperazine rings is 1. The van der Waals surface area contributed by atoms with Gasteiger partial charge in [-0.3, -0.25) is 4.90 Å². The molecule has 142 valence electrons. The normalized spacial score (nSPS) is 15.2. The third-order valence-corrected chi connectivity index (χ3v) is 4.83. The maximum absolute atomic E-state index is 9.30. The number of benzene rings is 2.